The standard InChI is InChI=1S/C13H9FN2O/c1-8-15-13-12(17-8)6-5-11(16-13)9-3-2-4-10(14)7-9/h2-7H,1H3. The van der Waals surface area contributed by atoms with Crippen molar-refractivity contribution in [2.24, 2.45) is 0 Å². The summed E-state index contributed by atoms with van der Waals surface area (Å²) in [6, 6.07) is 9.91. The predicted molar refractivity (Wildman–Crippen MR) is 61.9 cm³/mol. The molecule has 3 rings (SSSR count). The molecule has 0 aliphatic heterocycles. The Morgan fingerprint density at radius 2 is 2.00 bits per heavy atom. The summed E-state index contributed by atoms with van der Waals surface area (Å²) in [7, 11) is 0. The Kier molecular flexibility index (Phi) is 2.14. The van der Waals surface area contributed by atoms with E-state index in [-0.39, 0.29) is 5.82 Å². The van der Waals surface area contributed by atoms with Gasteiger partial charge in [0.25, 0.3) is 0 Å². The van der Waals surface area contributed by atoms with E-state index in [1.54, 1.807) is 25.1 Å². The fourth-order valence-electron chi connectivity index (χ4n) is 1.74. The third-order valence-corrected chi connectivity index (χ3v) is 2.48. The number of aryl methyl sites for hydroxylation is 1. The highest BCUT2D eigenvalue weighted by molar-refractivity contribution is 5.73. The van der Waals surface area contributed by atoms with Crippen LogP contribution in [-0.4, -0.2) is 9.97 Å². The van der Waals surface area contributed by atoms with Gasteiger partial charge in [-0.2, -0.15) is 4.98 Å². The lowest BCUT2D eigenvalue weighted by atomic mass is 10.1. The third-order valence-electron chi connectivity index (χ3n) is 2.48. The largest absolute Gasteiger partial charge is 0.439 e. The molecule has 0 amide bonds. The molecule has 0 saturated carbocycles. The van der Waals surface area contributed by atoms with Crippen LogP contribution in [-0.2, 0) is 0 Å². The van der Waals surface area contributed by atoms with Crippen molar-refractivity contribution in [1.29, 1.82) is 0 Å². The second kappa shape index (κ2) is 3.66. The summed E-state index contributed by atoms with van der Waals surface area (Å²) in [6.07, 6.45) is 0. The summed E-state index contributed by atoms with van der Waals surface area (Å²) in [6.45, 7) is 1.77. The Hall–Kier alpha value is -2.23. The van der Waals surface area contributed by atoms with Gasteiger partial charge in [0.1, 0.15) is 5.82 Å². The normalized spacial score (nSPS) is 10.9. The van der Waals surface area contributed by atoms with E-state index in [1.165, 1.54) is 12.1 Å². The highest BCUT2D eigenvalue weighted by atomic mass is 19.1. The molecule has 3 nitrogen and oxygen atoms in total. The molecule has 2 aromatic heterocycles. The molecule has 2 heterocycles. The van der Waals surface area contributed by atoms with Crippen molar-refractivity contribution < 1.29 is 8.81 Å². The Bertz CT molecular complexity index is 691. The second-order valence-electron chi connectivity index (χ2n) is 3.76. The third kappa shape index (κ3) is 1.78. The van der Waals surface area contributed by atoms with Gasteiger partial charge in [-0.25, -0.2) is 9.37 Å². The molecule has 0 saturated heterocycles. The maximum atomic E-state index is 13.1. The summed E-state index contributed by atoms with van der Waals surface area (Å²) in [5.74, 6) is 0.296. The van der Waals surface area contributed by atoms with Crippen molar-refractivity contribution >= 4 is 11.2 Å². The highest BCUT2D eigenvalue weighted by Gasteiger charge is 2.06. The van der Waals surface area contributed by atoms with Gasteiger partial charge in [0.05, 0.1) is 5.69 Å². The molecule has 17 heavy (non-hydrogen) atoms. The molecule has 0 radical (unpaired) electrons. The summed E-state index contributed by atoms with van der Waals surface area (Å²) < 4.78 is 18.4. The summed E-state index contributed by atoms with van der Waals surface area (Å²) in [5, 5.41) is 0. The minimum Gasteiger partial charge on any atom is -0.439 e. The predicted octanol–water partition coefficient (Wildman–Crippen LogP) is 3.34. The zero-order valence-electron chi connectivity index (χ0n) is 9.14. The maximum absolute atomic E-state index is 13.1. The number of nitrogens with zero attached hydrogens (tertiary/aromatic N) is 2. The van der Waals surface area contributed by atoms with Crippen LogP contribution in [0.5, 0.6) is 0 Å². The first-order valence-corrected chi connectivity index (χ1v) is 5.22. The van der Waals surface area contributed by atoms with Crippen LogP contribution in [0.2, 0.25) is 0 Å². The SMILES string of the molecule is Cc1nc2nc(-c3cccc(F)c3)ccc2o1. The monoisotopic (exact) mass is 228 g/mol. The Morgan fingerprint density at radius 1 is 1.12 bits per heavy atom. The van der Waals surface area contributed by atoms with Crippen molar-refractivity contribution in [3.8, 4) is 11.3 Å². The minimum absolute atomic E-state index is 0.277. The van der Waals surface area contributed by atoms with E-state index in [0.29, 0.717) is 22.8 Å². The summed E-state index contributed by atoms with van der Waals surface area (Å²) >= 11 is 0. The fraction of sp³-hybridized carbons (Fsp3) is 0.0769. The zero-order chi connectivity index (χ0) is 11.8. The molecular formula is C13H9FN2O. The molecule has 0 aliphatic carbocycles. The van der Waals surface area contributed by atoms with Crippen molar-refractivity contribution in [3.63, 3.8) is 0 Å². The van der Waals surface area contributed by atoms with Crippen LogP contribution in [0.25, 0.3) is 22.5 Å². The van der Waals surface area contributed by atoms with Gasteiger partial charge in [-0.3, -0.25) is 0 Å². The molecule has 1 aromatic carbocycles. The molecule has 0 bridgehead atoms. The highest BCUT2D eigenvalue weighted by Crippen LogP contribution is 2.21. The van der Waals surface area contributed by atoms with Crippen LogP contribution in [0.15, 0.2) is 40.8 Å². The van der Waals surface area contributed by atoms with Gasteiger partial charge >= 0.3 is 0 Å². The van der Waals surface area contributed by atoms with Crippen LogP contribution in [0.4, 0.5) is 4.39 Å². The van der Waals surface area contributed by atoms with Crippen LogP contribution < -0.4 is 0 Å². The number of benzene rings is 1. The van der Waals surface area contributed by atoms with Crippen LogP contribution >= 0.6 is 0 Å². The van der Waals surface area contributed by atoms with Gasteiger partial charge in [0.15, 0.2) is 17.1 Å². The van der Waals surface area contributed by atoms with Gasteiger partial charge in [-0.15, -0.1) is 0 Å². The van der Waals surface area contributed by atoms with Gasteiger partial charge in [0, 0.05) is 12.5 Å². The lowest BCUT2D eigenvalue weighted by molar-refractivity contribution is 0.561. The fourth-order valence-corrected chi connectivity index (χ4v) is 1.74. The lowest BCUT2D eigenvalue weighted by Crippen LogP contribution is -1.85. The number of hydrogen-bond donors (Lipinski definition) is 0. The summed E-state index contributed by atoms with van der Waals surface area (Å²) in [4.78, 5) is 8.49. The van der Waals surface area contributed by atoms with Gasteiger partial charge < -0.3 is 4.42 Å². The zero-order valence-corrected chi connectivity index (χ0v) is 9.14. The van der Waals surface area contributed by atoms with E-state index in [2.05, 4.69) is 9.97 Å². The molecular weight excluding hydrogens is 219 g/mol. The smallest absolute Gasteiger partial charge is 0.199 e. The number of hydrogen-bond acceptors (Lipinski definition) is 3. The topological polar surface area (TPSA) is 38.9 Å². The second-order valence-corrected chi connectivity index (χ2v) is 3.76. The molecule has 0 atom stereocenters. The average Bonchev–Trinajstić information content (AvgIpc) is 2.68. The van der Waals surface area contributed by atoms with Crippen LogP contribution in [0, 0.1) is 12.7 Å². The molecule has 4 heteroatoms. The first-order chi connectivity index (χ1) is 8.22. The number of oxazole rings is 1. The number of aromatic nitrogens is 2. The lowest BCUT2D eigenvalue weighted by Gasteiger charge is -1.99. The average molecular weight is 228 g/mol. The van der Waals surface area contributed by atoms with E-state index in [4.69, 9.17) is 4.42 Å². The number of pyridine rings is 1. The molecule has 84 valence electrons. The van der Waals surface area contributed by atoms with Crippen molar-refractivity contribution in [3.05, 3.63) is 48.1 Å². The number of halogens is 1. The Balaban J connectivity index is 2.17. The van der Waals surface area contributed by atoms with Gasteiger partial charge in [-0.05, 0) is 24.3 Å². The summed E-state index contributed by atoms with van der Waals surface area (Å²) in [5.41, 5.74) is 2.60. The molecule has 3 aromatic rings. The van der Waals surface area contributed by atoms with Crippen molar-refractivity contribution in [1.82, 2.24) is 9.97 Å². The van der Waals surface area contributed by atoms with Crippen LogP contribution in [0.1, 0.15) is 5.89 Å². The van der Waals surface area contributed by atoms with E-state index in [0.717, 1.165) is 5.56 Å². The minimum atomic E-state index is -0.277. The first kappa shape index (κ1) is 9.96. The van der Waals surface area contributed by atoms with Crippen LogP contribution in [0.3, 0.4) is 0 Å². The van der Waals surface area contributed by atoms with E-state index >= 15 is 0 Å². The van der Waals surface area contributed by atoms with Gasteiger partial charge in [0.2, 0.25) is 0 Å². The first-order valence-electron chi connectivity index (χ1n) is 5.22. The van der Waals surface area contributed by atoms with Crippen molar-refractivity contribution in [2.75, 3.05) is 0 Å². The van der Waals surface area contributed by atoms with Gasteiger partial charge in [-0.1, -0.05) is 12.1 Å². The molecule has 0 unspecified atom stereocenters. The molecule has 0 aliphatic rings. The van der Waals surface area contributed by atoms with E-state index < -0.39 is 0 Å². The quantitative estimate of drug-likeness (QED) is 0.641. The molecule has 0 N–H and O–H groups in total. The van der Waals surface area contributed by atoms with Crippen molar-refractivity contribution in [2.45, 2.75) is 6.92 Å². The Morgan fingerprint density at radius 3 is 2.82 bits per heavy atom. The maximum Gasteiger partial charge on any atom is 0.199 e. The van der Waals surface area contributed by atoms with E-state index in [1.807, 2.05) is 6.07 Å². The number of fused-ring (bicyclic) bond motifs is 1. The molecule has 0 spiro atoms. The Labute approximate surface area is 96.9 Å². The molecule has 0 fully saturated rings. The number of rotatable bonds is 1. The van der Waals surface area contributed by atoms with E-state index in [9.17, 15) is 4.39 Å².